The highest BCUT2D eigenvalue weighted by Crippen LogP contribution is 2.19. The highest BCUT2D eigenvalue weighted by molar-refractivity contribution is 14.0. The number of likely N-dealkylation sites (tertiary alicyclic amines) is 1. The zero-order valence-electron chi connectivity index (χ0n) is 16.2. The predicted octanol–water partition coefficient (Wildman–Crippen LogP) is 2.34. The van der Waals surface area contributed by atoms with Crippen molar-refractivity contribution in [3.63, 3.8) is 0 Å². The Bertz CT molecular complexity index is 622. The Morgan fingerprint density at radius 2 is 2.19 bits per heavy atom. The first-order valence-electron chi connectivity index (χ1n) is 8.95. The Morgan fingerprint density at radius 3 is 2.85 bits per heavy atom. The van der Waals surface area contributed by atoms with Crippen LogP contribution in [0.4, 0.5) is 0 Å². The molecule has 1 heterocycles. The van der Waals surface area contributed by atoms with Crippen molar-refractivity contribution in [2.24, 2.45) is 4.99 Å². The number of nitrogens with one attached hydrogen (secondary N) is 2. The van der Waals surface area contributed by atoms with Crippen LogP contribution in [0.1, 0.15) is 30.9 Å². The van der Waals surface area contributed by atoms with E-state index >= 15 is 0 Å². The molecule has 146 valence electrons. The summed E-state index contributed by atoms with van der Waals surface area (Å²) in [5, 5.41) is 6.76. The maximum atomic E-state index is 11.8. The van der Waals surface area contributed by atoms with Gasteiger partial charge in [0.15, 0.2) is 5.96 Å². The average molecular weight is 474 g/mol. The highest BCUT2D eigenvalue weighted by Gasteiger charge is 2.25. The van der Waals surface area contributed by atoms with E-state index in [1.165, 1.54) is 5.56 Å². The summed E-state index contributed by atoms with van der Waals surface area (Å²) in [6.07, 6.45) is 2.42. The minimum Gasteiger partial charge on any atom is -0.496 e. The molecule has 2 N–H and O–H groups in total. The molecule has 1 fully saturated rings. The van der Waals surface area contributed by atoms with Gasteiger partial charge in [-0.05, 0) is 37.0 Å². The fourth-order valence-electron chi connectivity index (χ4n) is 3.06. The number of benzene rings is 1. The van der Waals surface area contributed by atoms with Gasteiger partial charge >= 0.3 is 0 Å². The molecule has 1 atom stereocenters. The summed E-state index contributed by atoms with van der Waals surface area (Å²) in [7, 11) is 3.47. The van der Waals surface area contributed by atoms with Crippen LogP contribution in [0.2, 0.25) is 0 Å². The van der Waals surface area contributed by atoms with Crippen LogP contribution in [0, 0.1) is 6.92 Å². The number of rotatable bonds is 6. The molecule has 2 rings (SSSR count). The Hall–Kier alpha value is -1.51. The van der Waals surface area contributed by atoms with Crippen molar-refractivity contribution in [1.82, 2.24) is 15.5 Å². The first-order valence-corrected chi connectivity index (χ1v) is 8.95. The number of halogens is 1. The SMILES string of the molecule is CCC(=O)N1CCC(NC(=NC)NCCc2ccc(C)c(OC)c2)C1.I. The van der Waals surface area contributed by atoms with Gasteiger partial charge in [0.25, 0.3) is 0 Å². The van der Waals surface area contributed by atoms with Gasteiger partial charge in [-0.1, -0.05) is 19.1 Å². The molecule has 1 unspecified atom stereocenters. The van der Waals surface area contributed by atoms with Crippen molar-refractivity contribution in [3.8, 4) is 5.75 Å². The number of nitrogens with zero attached hydrogens (tertiary/aromatic N) is 2. The van der Waals surface area contributed by atoms with E-state index < -0.39 is 0 Å². The first-order chi connectivity index (χ1) is 12.1. The van der Waals surface area contributed by atoms with Gasteiger partial charge in [0.2, 0.25) is 5.91 Å². The minimum atomic E-state index is 0. The smallest absolute Gasteiger partial charge is 0.222 e. The fraction of sp³-hybridized carbons (Fsp3) is 0.579. The number of methoxy groups -OCH3 is 1. The van der Waals surface area contributed by atoms with Crippen LogP contribution in [0.5, 0.6) is 5.75 Å². The first kappa shape index (κ1) is 22.5. The Labute approximate surface area is 173 Å². The summed E-state index contributed by atoms with van der Waals surface area (Å²) in [4.78, 5) is 18.0. The number of carbonyl (C=O) groups excluding carboxylic acids is 1. The van der Waals surface area contributed by atoms with Crippen molar-refractivity contribution in [2.45, 2.75) is 39.2 Å². The molecule has 0 radical (unpaired) electrons. The highest BCUT2D eigenvalue weighted by atomic mass is 127. The van der Waals surface area contributed by atoms with E-state index in [2.05, 4.69) is 33.8 Å². The Morgan fingerprint density at radius 1 is 1.42 bits per heavy atom. The summed E-state index contributed by atoms with van der Waals surface area (Å²) in [5.41, 5.74) is 2.37. The number of hydrogen-bond acceptors (Lipinski definition) is 3. The molecule has 1 amide bonds. The second kappa shape index (κ2) is 11.3. The van der Waals surface area contributed by atoms with Crippen molar-refractivity contribution in [1.29, 1.82) is 0 Å². The zero-order chi connectivity index (χ0) is 18.2. The molecule has 1 saturated heterocycles. The largest absolute Gasteiger partial charge is 0.496 e. The second-order valence-corrected chi connectivity index (χ2v) is 6.38. The van der Waals surface area contributed by atoms with Crippen LogP contribution in [0.3, 0.4) is 0 Å². The van der Waals surface area contributed by atoms with Gasteiger partial charge in [0.05, 0.1) is 7.11 Å². The molecule has 6 nitrogen and oxygen atoms in total. The van der Waals surface area contributed by atoms with E-state index in [-0.39, 0.29) is 35.9 Å². The molecule has 1 aromatic rings. The maximum absolute atomic E-state index is 11.8. The molecule has 0 bridgehead atoms. The summed E-state index contributed by atoms with van der Waals surface area (Å²) in [6, 6.07) is 6.56. The van der Waals surface area contributed by atoms with E-state index in [0.29, 0.717) is 6.42 Å². The number of ether oxygens (including phenoxy) is 1. The lowest BCUT2D eigenvalue weighted by atomic mass is 10.1. The summed E-state index contributed by atoms with van der Waals surface area (Å²) < 4.78 is 5.37. The lowest BCUT2D eigenvalue weighted by Gasteiger charge is -2.18. The number of aliphatic imine (C=N–C) groups is 1. The van der Waals surface area contributed by atoms with E-state index in [1.54, 1.807) is 14.2 Å². The number of guanidine groups is 1. The van der Waals surface area contributed by atoms with Gasteiger partial charge in [-0.2, -0.15) is 0 Å². The Kier molecular flexibility index (Phi) is 9.75. The van der Waals surface area contributed by atoms with Gasteiger partial charge < -0.3 is 20.3 Å². The van der Waals surface area contributed by atoms with Crippen molar-refractivity contribution in [2.75, 3.05) is 33.8 Å². The van der Waals surface area contributed by atoms with Crippen LogP contribution in [-0.2, 0) is 11.2 Å². The Balaban J connectivity index is 0.00000338. The maximum Gasteiger partial charge on any atom is 0.222 e. The molecular formula is C19H31IN4O2. The molecule has 7 heteroatoms. The van der Waals surface area contributed by atoms with E-state index in [0.717, 1.165) is 49.7 Å². The van der Waals surface area contributed by atoms with Crippen LogP contribution in [0.25, 0.3) is 0 Å². The van der Waals surface area contributed by atoms with Gasteiger partial charge in [-0.3, -0.25) is 9.79 Å². The van der Waals surface area contributed by atoms with Crippen LogP contribution < -0.4 is 15.4 Å². The molecule has 1 aliphatic rings. The standard InChI is InChI=1S/C19H30N4O2.HI/c1-5-18(24)23-11-9-16(13-23)22-19(20-3)21-10-8-15-7-6-14(2)17(12-15)25-4;/h6-7,12,16H,5,8-11,13H2,1-4H3,(H2,20,21,22);1H. The third-order valence-corrected chi connectivity index (χ3v) is 4.59. The van der Waals surface area contributed by atoms with Crippen molar-refractivity contribution < 1.29 is 9.53 Å². The number of carbonyl (C=O) groups is 1. The normalized spacial score (nSPS) is 16.8. The van der Waals surface area contributed by atoms with E-state index in [1.807, 2.05) is 18.7 Å². The number of amides is 1. The van der Waals surface area contributed by atoms with Crippen molar-refractivity contribution in [3.05, 3.63) is 29.3 Å². The van der Waals surface area contributed by atoms with E-state index in [9.17, 15) is 4.79 Å². The average Bonchev–Trinajstić information content (AvgIpc) is 3.10. The predicted molar refractivity (Wildman–Crippen MR) is 117 cm³/mol. The van der Waals surface area contributed by atoms with Gasteiger partial charge in [0, 0.05) is 39.1 Å². The topological polar surface area (TPSA) is 66.0 Å². The molecule has 0 aliphatic carbocycles. The van der Waals surface area contributed by atoms with Gasteiger partial charge in [-0.25, -0.2) is 0 Å². The molecule has 0 spiro atoms. The fourth-order valence-corrected chi connectivity index (χ4v) is 3.06. The third-order valence-electron chi connectivity index (χ3n) is 4.59. The van der Waals surface area contributed by atoms with Crippen molar-refractivity contribution >= 4 is 35.8 Å². The van der Waals surface area contributed by atoms with Crippen LogP contribution >= 0.6 is 24.0 Å². The lowest BCUT2D eigenvalue weighted by molar-refractivity contribution is -0.129. The van der Waals surface area contributed by atoms with Crippen LogP contribution in [0.15, 0.2) is 23.2 Å². The summed E-state index contributed by atoms with van der Waals surface area (Å²) >= 11 is 0. The lowest BCUT2D eigenvalue weighted by Crippen LogP contribution is -2.45. The molecule has 26 heavy (non-hydrogen) atoms. The summed E-state index contributed by atoms with van der Waals surface area (Å²) in [5.74, 6) is 1.93. The van der Waals surface area contributed by atoms with E-state index in [4.69, 9.17) is 4.74 Å². The molecular weight excluding hydrogens is 443 g/mol. The zero-order valence-corrected chi connectivity index (χ0v) is 18.5. The minimum absolute atomic E-state index is 0. The molecule has 1 aliphatic heterocycles. The van der Waals surface area contributed by atoms with Crippen LogP contribution in [-0.4, -0.2) is 56.6 Å². The monoisotopic (exact) mass is 474 g/mol. The van der Waals surface area contributed by atoms with Gasteiger partial charge in [0.1, 0.15) is 5.75 Å². The number of hydrogen-bond donors (Lipinski definition) is 2. The molecule has 1 aromatic carbocycles. The summed E-state index contributed by atoms with van der Waals surface area (Å²) in [6.45, 7) is 6.31. The number of aryl methyl sites for hydroxylation is 1. The second-order valence-electron chi connectivity index (χ2n) is 6.38. The quantitative estimate of drug-likeness (QED) is 0.378. The molecule has 0 saturated carbocycles. The molecule has 0 aromatic heterocycles. The third kappa shape index (κ3) is 6.34. The van der Waals surface area contributed by atoms with Gasteiger partial charge in [-0.15, -0.1) is 24.0 Å².